The monoisotopic (exact) mass is 349 g/mol. The highest BCUT2D eigenvalue weighted by Gasteiger charge is 2.38. The first kappa shape index (κ1) is 18.6. The Kier molecular flexibility index (Phi) is 5.84. The summed E-state index contributed by atoms with van der Waals surface area (Å²) in [6, 6.07) is 3.79. The second-order valence-corrected chi connectivity index (χ2v) is 6.17. The molecule has 0 saturated carbocycles. The molecule has 8 heteroatoms. The molecule has 1 aliphatic rings. The SMILES string of the molecule is COc1ccc(NC(=O)CN2C(=O)N[C@@H](CC(C)C)C2=O)cc1OC. The Hall–Kier alpha value is -2.77. The van der Waals surface area contributed by atoms with Crippen molar-refractivity contribution in [2.24, 2.45) is 5.92 Å². The van der Waals surface area contributed by atoms with E-state index in [1.807, 2.05) is 13.8 Å². The standard InChI is InChI=1S/C17H23N3O5/c1-10(2)7-12-16(22)20(17(23)19-12)9-15(21)18-11-5-6-13(24-3)14(8-11)25-4/h5-6,8,10,12H,7,9H2,1-4H3,(H,18,21)(H,19,23)/t12-/m0/s1. The lowest BCUT2D eigenvalue weighted by molar-refractivity contribution is -0.131. The number of imide groups is 1. The molecule has 25 heavy (non-hydrogen) atoms. The second kappa shape index (κ2) is 7.87. The molecular formula is C17H23N3O5. The van der Waals surface area contributed by atoms with E-state index in [1.54, 1.807) is 18.2 Å². The Morgan fingerprint density at radius 3 is 2.52 bits per heavy atom. The Morgan fingerprint density at radius 2 is 1.92 bits per heavy atom. The number of rotatable bonds is 7. The summed E-state index contributed by atoms with van der Waals surface area (Å²) >= 11 is 0. The summed E-state index contributed by atoms with van der Waals surface area (Å²) in [7, 11) is 3.01. The lowest BCUT2D eigenvalue weighted by Gasteiger charge is -2.14. The number of carbonyl (C=O) groups excluding carboxylic acids is 3. The minimum Gasteiger partial charge on any atom is -0.493 e. The first-order valence-electron chi connectivity index (χ1n) is 7.99. The van der Waals surface area contributed by atoms with E-state index in [1.165, 1.54) is 14.2 Å². The van der Waals surface area contributed by atoms with Crippen LogP contribution in [0.5, 0.6) is 11.5 Å². The summed E-state index contributed by atoms with van der Waals surface area (Å²) in [5, 5.41) is 5.25. The van der Waals surface area contributed by atoms with Gasteiger partial charge in [0.1, 0.15) is 12.6 Å². The Balaban J connectivity index is 2.00. The van der Waals surface area contributed by atoms with Crippen molar-refractivity contribution in [3.8, 4) is 11.5 Å². The van der Waals surface area contributed by atoms with Crippen LogP contribution in [0.4, 0.5) is 10.5 Å². The highest BCUT2D eigenvalue weighted by molar-refractivity contribution is 6.07. The Labute approximate surface area is 146 Å². The normalized spacial score (nSPS) is 16.8. The number of nitrogens with one attached hydrogen (secondary N) is 2. The number of carbonyl (C=O) groups is 3. The molecule has 0 aliphatic carbocycles. The predicted octanol–water partition coefficient (Wildman–Crippen LogP) is 1.61. The van der Waals surface area contributed by atoms with Gasteiger partial charge in [0.05, 0.1) is 14.2 Å². The molecule has 0 radical (unpaired) electrons. The van der Waals surface area contributed by atoms with Gasteiger partial charge in [-0.25, -0.2) is 4.79 Å². The van der Waals surface area contributed by atoms with Gasteiger partial charge in [0.2, 0.25) is 5.91 Å². The van der Waals surface area contributed by atoms with Crippen molar-refractivity contribution < 1.29 is 23.9 Å². The van der Waals surface area contributed by atoms with Crippen LogP contribution in [0.15, 0.2) is 18.2 Å². The number of nitrogens with zero attached hydrogens (tertiary/aromatic N) is 1. The minimum atomic E-state index is -0.568. The summed E-state index contributed by atoms with van der Waals surface area (Å²) in [6.45, 7) is 3.59. The third kappa shape index (κ3) is 4.40. The number of amides is 4. The number of urea groups is 1. The van der Waals surface area contributed by atoms with E-state index in [0.29, 0.717) is 23.6 Å². The predicted molar refractivity (Wildman–Crippen MR) is 91.7 cm³/mol. The van der Waals surface area contributed by atoms with Crippen LogP contribution >= 0.6 is 0 Å². The van der Waals surface area contributed by atoms with Crippen LogP contribution in [0, 0.1) is 5.92 Å². The molecule has 0 spiro atoms. The Bertz CT molecular complexity index is 674. The van der Waals surface area contributed by atoms with Crippen molar-refractivity contribution in [2.75, 3.05) is 26.1 Å². The van der Waals surface area contributed by atoms with E-state index in [0.717, 1.165) is 4.90 Å². The van der Waals surface area contributed by atoms with Crippen LogP contribution < -0.4 is 20.1 Å². The largest absolute Gasteiger partial charge is 0.493 e. The van der Waals surface area contributed by atoms with Crippen molar-refractivity contribution in [2.45, 2.75) is 26.3 Å². The van der Waals surface area contributed by atoms with Crippen molar-refractivity contribution in [1.29, 1.82) is 0 Å². The molecule has 8 nitrogen and oxygen atoms in total. The lowest BCUT2D eigenvalue weighted by atomic mass is 10.0. The maximum absolute atomic E-state index is 12.2. The van der Waals surface area contributed by atoms with E-state index in [4.69, 9.17) is 9.47 Å². The molecule has 0 bridgehead atoms. The number of hydrogen-bond donors (Lipinski definition) is 2. The van der Waals surface area contributed by atoms with Gasteiger partial charge in [-0.05, 0) is 24.5 Å². The van der Waals surface area contributed by atoms with Gasteiger partial charge in [0.25, 0.3) is 5.91 Å². The molecule has 1 aliphatic heterocycles. The van der Waals surface area contributed by atoms with E-state index in [9.17, 15) is 14.4 Å². The smallest absolute Gasteiger partial charge is 0.325 e. The van der Waals surface area contributed by atoms with Crippen LogP contribution in [0.2, 0.25) is 0 Å². The number of ether oxygens (including phenoxy) is 2. The van der Waals surface area contributed by atoms with E-state index < -0.39 is 18.0 Å². The molecule has 0 unspecified atom stereocenters. The average Bonchev–Trinajstić information content (AvgIpc) is 2.81. The highest BCUT2D eigenvalue weighted by Crippen LogP contribution is 2.29. The van der Waals surface area contributed by atoms with Gasteiger partial charge >= 0.3 is 6.03 Å². The van der Waals surface area contributed by atoms with Crippen molar-refractivity contribution in [3.05, 3.63) is 18.2 Å². The maximum Gasteiger partial charge on any atom is 0.325 e. The molecule has 136 valence electrons. The van der Waals surface area contributed by atoms with Gasteiger partial charge in [-0.3, -0.25) is 14.5 Å². The van der Waals surface area contributed by atoms with Crippen LogP contribution in [0.3, 0.4) is 0 Å². The van der Waals surface area contributed by atoms with Crippen LogP contribution in [0.1, 0.15) is 20.3 Å². The molecule has 1 saturated heterocycles. The zero-order valence-electron chi connectivity index (χ0n) is 14.8. The molecule has 1 heterocycles. The third-order valence-corrected chi connectivity index (χ3v) is 3.78. The van der Waals surface area contributed by atoms with Gasteiger partial charge in [-0.2, -0.15) is 0 Å². The number of anilines is 1. The topological polar surface area (TPSA) is 97.0 Å². The number of hydrogen-bond acceptors (Lipinski definition) is 5. The molecule has 1 fully saturated rings. The van der Waals surface area contributed by atoms with Gasteiger partial charge < -0.3 is 20.1 Å². The Morgan fingerprint density at radius 1 is 1.24 bits per heavy atom. The zero-order chi connectivity index (χ0) is 18.6. The molecule has 1 aromatic carbocycles. The molecule has 0 aromatic heterocycles. The van der Waals surface area contributed by atoms with Gasteiger partial charge in [0, 0.05) is 11.8 Å². The van der Waals surface area contributed by atoms with E-state index >= 15 is 0 Å². The molecular weight excluding hydrogens is 326 g/mol. The second-order valence-electron chi connectivity index (χ2n) is 6.17. The zero-order valence-corrected chi connectivity index (χ0v) is 14.8. The van der Waals surface area contributed by atoms with E-state index in [2.05, 4.69) is 10.6 Å². The maximum atomic E-state index is 12.2. The third-order valence-electron chi connectivity index (χ3n) is 3.78. The lowest BCUT2D eigenvalue weighted by Crippen LogP contribution is -2.38. The minimum absolute atomic E-state index is 0.259. The van der Waals surface area contributed by atoms with Crippen molar-refractivity contribution in [3.63, 3.8) is 0 Å². The fraction of sp³-hybridized carbons (Fsp3) is 0.471. The molecule has 1 aromatic rings. The number of benzene rings is 1. The summed E-state index contributed by atoms with van der Waals surface area (Å²) < 4.78 is 10.3. The van der Waals surface area contributed by atoms with Gasteiger partial charge in [0.15, 0.2) is 11.5 Å². The summed E-state index contributed by atoms with van der Waals surface area (Å²) in [5.41, 5.74) is 0.480. The number of methoxy groups -OCH3 is 2. The fourth-order valence-corrected chi connectivity index (χ4v) is 2.62. The fourth-order valence-electron chi connectivity index (χ4n) is 2.62. The summed E-state index contributed by atoms with van der Waals surface area (Å²) in [6.07, 6.45) is 0.540. The molecule has 4 amide bonds. The van der Waals surface area contributed by atoms with Crippen LogP contribution in [-0.4, -0.2) is 49.6 Å². The van der Waals surface area contributed by atoms with E-state index in [-0.39, 0.29) is 18.4 Å². The van der Waals surface area contributed by atoms with Crippen LogP contribution in [0.25, 0.3) is 0 Å². The average molecular weight is 349 g/mol. The van der Waals surface area contributed by atoms with Gasteiger partial charge in [-0.15, -0.1) is 0 Å². The van der Waals surface area contributed by atoms with Crippen molar-refractivity contribution >= 4 is 23.5 Å². The molecule has 1 atom stereocenters. The molecule has 2 N–H and O–H groups in total. The first-order valence-corrected chi connectivity index (χ1v) is 7.99. The first-order chi connectivity index (χ1) is 11.8. The quantitative estimate of drug-likeness (QED) is 0.729. The highest BCUT2D eigenvalue weighted by atomic mass is 16.5. The van der Waals surface area contributed by atoms with Crippen LogP contribution in [-0.2, 0) is 9.59 Å². The van der Waals surface area contributed by atoms with Crippen molar-refractivity contribution in [1.82, 2.24) is 10.2 Å². The summed E-state index contributed by atoms with van der Waals surface area (Å²) in [5.74, 6) is 0.412. The summed E-state index contributed by atoms with van der Waals surface area (Å²) in [4.78, 5) is 37.3. The van der Waals surface area contributed by atoms with Gasteiger partial charge in [-0.1, -0.05) is 13.8 Å². The molecule has 2 rings (SSSR count).